The van der Waals surface area contributed by atoms with E-state index in [9.17, 15) is 23.1 Å². The van der Waals surface area contributed by atoms with Gasteiger partial charge in [-0.25, -0.2) is 0 Å². The molecule has 0 amide bonds. The maximum atomic E-state index is 13.8. The number of ether oxygens (including phenoxy) is 1. The Kier molecular flexibility index (Phi) is 5.80. The van der Waals surface area contributed by atoms with Gasteiger partial charge in [0.1, 0.15) is 12.4 Å². The Morgan fingerprint density at radius 2 is 1.94 bits per heavy atom. The van der Waals surface area contributed by atoms with E-state index >= 15 is 0 Å². The molecule has 180 valence electrons. The topological polar surface area (TPSA) is 82.5 Å². The number of carboxylic acids is 1. The highest BCUT2D eigenvalue weighted by Crippen LogP contribution is 2.43. The number of rotatable bonds is 6. The molecule has 2 aliphatic carbocycles. The Bertz CT molecular complexity index is 1230. The fraction of sp³-hybridized carbons (Fsp3) is 0.423. The first-order chi connectivity index (χ1) is 16.2. The average molecular weight is 473 g/mol. The minimum absolute atomic E-state index is 0.0175. The lowest BCUT2D eigenvalue weighted by Gasteiger charge is -2.21. The Balaban J connectivity index is 1.36. The number of benzene rings is 2. The molecule has 2 aromatic carbocycles. The summed E-state index contributed by atoms with van der Waals surface area (Å²) >= 11 is 0. The molecule has 1 heterocycles. The second-order valence-electron chi connectivity index (χ2n) is 9.37. The van der Waals surface area contributed by atoms with E-state index in [0.29, 0.717) is 24.2 Å². The van der Waals surface area contributed by atoms with Crippen LogP contribution < -0.4 is 4.74 Å². The molecule has 1 aromatic heterocycles. The van der Waals surface area contributed by atoms with Crippen LogP contribution in [0.3, 0.4) is 0 Å². The number of carbonyl (C=O) groups is 1. The summed E-state index contributed by atoms with van der Waals surface area (Å²) in [5, 5.41) is 20.2. The summed E-state index contributed by atoms with van der Waals surface area (Å²) in [6, 6.07) is 9.72. The molecule has 1 saturated carbocycles. The Morgan fingerprint density at radius 1 is 1.12 bits per heavy atom. The van der Waals surface area contributed by atoms with Crippen molar-refractivity contribution in [3.05, 3.63) is 64.3 Å². The van der Waals surface area contributed by atoms with Gasteiger partial charge >= 0.3 is 12.1 Å². The normalized spacial score (nSPS) is 22.3. The predicted octanol–water partition coefficient (Wildman–Crippen LogP) is 5.90. The highest BCUT2D eigenvalue weighted by molar-refractivity contribution is 5.87. The molecule has 0 spiro atoms. The number of aliphatic hydroxyl groups is 1. The van der Waals surface area contributed by atoms with Crippen LogP contribution in [0.5, 0.6) is 5.75 Å². The van der Waals surface area contributed by atoms with Gasteiger partial charge in [0.2, 0.25) is 0 Å². The molecule has 2 aliphatic rings. The van der Waals surface area contributed by atoms with E-state index in [2.05, 4.69) is 4.98 Å². The summed E-state index contributed by atoms with van der Waals surface area (Å²) < 4.78 is 47.2. The summed E-state index contributed by atoms with van der Waals surface area (Å²) in [7, 11) is 0. The molecule has 5 rings (SSSR count). The lowest BCUT2D eigenvalue weighted by atomic mass is 9.90. The molecule has 5 nitrogen and oxygen atoms in total. The molecule has 0 bridgehead atoms. The second-order valence-corrected chi connectivity index (χ2v) is 9.37. The monoisotopic (exact) mass is 473 g/mol. The summed E-state index contributed by atoms with van der Waals surface area (Å²) in [6.45, 7) is -0.0175. The van der Waals surface area contributed by atoms with Gasteiger partial charge in [0, 0.05) is 28.4 Å². The molecule has 0 saturated heterocycles. The number of halogens is 3. The Morgan fingerprint density at radius 3 is 2.65 bits per heavy atom. The van der Waals surface area contributed by atoms with Crippen molar-refractivity contribution in [1.29, 1.82) is 0 Å². The number of hydrogen-bond donors (Lipinski definition) is 3. The first-order valence-electron chi connectivity index (χ1n) is 11.6. The summed E-state index contributed by atoms with van der Waals surface area (Å²) in [5.41, 5.74) is 2.79. The second kappa shape index (κ2) is 8.65. The quantitative estimate of drug-likeness (QED) is 0.416. The van der Waals surface area contributed by atoms with Gasteiger partial charge in [-0.3, -0.25) is 4.79 Å². The summed E-state index contributed by atoms with van der Waals surface area (Å²) in [4.78, 5) is 14.5. The summed E-state index contributed by atoms with van der Waals surface area (Å²) in [6.07, 6.45) is -1.83. The van der Waals surface area contributed by atoms with Crippen LogP contribution in [0.25, 0.3) is 10.9 Å². The third-order valence-electron chi connectivity index (χ3n) is 7.19. The maximum absolute atomic E-state index is 13.8. The molecule has 1 fully saturated rings. The van der Waals surface area contributed by atoms with Crippen LogP contribution in [0.15, 0.2) is 36.4 Å². The fourth-order valence-corrected chi connectivity index (χ4v) is 5.57. The van der Waals surface area contributed by atoms with Gasteiger partial charge in [-0.15, -0.1) is 0 Å². The SMILES string of the molecule is O=C(O)C[C@H]1CCc2c1[nH]c1ccc(OCc3ccc([C@@H]4CCC[C@@H]4O)c(C(F)(F)F)c3)cc21. The van der Waals surface area contributed by atoms with Crippen molar-refractivity contribution in [2.75, 3.05) is 0 Å². The van der Waals surface area contributed by atoms with Gasteiger partial charge < -0.3 is 19.9 Å². The van der Waals surface area contributed by atoms with E-state index in [-0.39, 0.29) is 24.5 Å². The van der Waals surface area contributed by atoms with E-state index in [4.69, 9.17) is 9.84 Å². The molecule has 3 aromatic rings. The molecule has 3 atom stereocenters. The van der Waals surface area contributed by atoms with Gasteiger partial charge in [-0.05, 0) is 66.6 Å². The number of H-pyrrole nitrogens is 1. The third kappa shape index (κ3) is 4.27. The molecule has 3 N–H and O–H groups in total. The number of aromatic nitrogens is 1. The van der Waals surface area contributed by atoms with Gasteiger partial charge in [0.05, 0.1) is 18.1 Å². The van der Waals surface area contributed by atoms with Gasteiger partial charge in [-0.2, -0.15) is 13.2 Å². The van der Waals surface area contributed by atoms with Crippen molar-refractivity contribution in [3.8, 4) is 5.75 Å². The number of aliphatic carboxylic acids is 1. The zero-order chi connectivity index (χ0) is 24.0. The van der Waals surface area contributed by atoms with E-state index in [1.807, 2.05) is 12.1 Å². The number of hydrogen-bond acceptors (Lipinski definition) is 3. The highest BCUT2D eigenvalue weighted by atomic mass is 19.4. The van der Waals surface area contributed by atoms with Crippen molar-refractivity contribution >= 4 is 16.9 Å². The zero-order valence-corrected chi connectivity index (χ0v) is 18.5. The van der Waals surface area contributed by atoms with Crippen molar-refractivity contribution in [2.24, 2.45) is 0 Å². The van der Waals surface area contributed by atoms with E-state index in [0.717, 1.165) is 47.5 Å². The molecule has 0 radical (unpaired) electrons. The number of aliphatic hydroxyl groups excluding tert-OH is 1. The van der Waals surface area contributed by atoms with E-state index in [1.54, 1.807) is 12.1 Å². The lowest BCUT2D eigenvalue weighted by molar-refractivity contribution is -0.139. The number of aromatic amines is 1. The maximum Gasteiger partial charge on any atom is 0.416 e. The minimum Gasteiger partial charge on any atom is -0.489 e. The van der Waals surface area contributed by atoms with Crippen LogP contribution in [0.2, 0.25) is 0 Å². The lowest BCUT2D eigenvalue weighted by Crippen LogP contribution is -2.18. The Labute approximate surface area is 194 Å². The van der Waals surface area contributed by atoms with Crippen LogP contribution in [-0.2, 0) is 24.0 Å². The first-order valence-corrected chi connectivity index (χ1v) is 11.6. The molecule has 34 heavy (non-hydrogen) atoms. The van der Waals surface area contributed by atoms with Crippen molar-refractivity contribution < 1.29 is 32.9 Å². The number of carboxylic acid groups (broad SMARTS) is 1. The summed E-state index contributed by atoms with van der Waals surface area (Å²) in [5.74, 6) is -0.816. The van der Waals surface area contributed by atoms with Gasteiger partial charge in [0.15, 0.2) is 0 Å². The van der Waals surface area contributed by atoms with Crippen LogP contribution in [0.4, 0.5) is 13.2 Å². The smallest absolute Gasteiger partial charge is 0.416 e. The molecule has 8 heteroatoms. The van der Waals surface area contributed by atoms with Crippen molar-refractivity contribution in [2.45, 2.75) is 69.2 Å². The van der Waals surface area contributed by atoms with Crippen LogP contribution >= 0.6 is 0 Å². The van der Waals surface area contributed by atoms with Crippen LogP contribution in [-0.4, -0.2) is 27.3 Å². The molecular formula is C26H26F3NO4. The fourth-order valence-electron chi connectivity index (χ4n) is 5.57. The van der Waals surface area contributed by atoms with Gasteiger partial charge in [0.25, 0.3) is 0 Å². The number of fused-ring (bicyclic) bond motifs is 3. The minimum atomic E-state index is -4.51. The largest absolute Gasteiger partial charge is 0.489 e. The van der Waals surface area contributed by atoms with Crippen LogP contribution in [0.1, 0.15) is 71.9 Å². The van der Waals surface area contributed by atoms with Crippen LogP contribution in [0, 0.1) is 0 Å². The molecule has 0 aliphatic heterocycles. The number of aryl methyl sites for hydroxylation is 1. The average Bonchev–Trinajstić information content (AvgIpc) is 3.47. The van der Waals surface area contributed by atoms with E-state index < -0.39 is 29.7 Å². The molecular weight excluding hydrogens is 447 g/mol. The standard InChI is InChI=1S/C26H26F3NO4/c27-26(28,29)21-10-14(4-7-17(21)18-2-1-3-23(18)31)13-34-16-6-9-22-20(12-16)19-8-5-15(11-24(32)33)25(19)30-22/h4,6-7,9-10,12,15,18,23,30-31H,1-3,5,8,11,13H2,(H,32,33)/t15-,18+,23+/m1/s1. The first kappa shape index (κ1) is 22.8. The predicted molar refractivity (Wildman–Crippen MR) is 120 cm³/mol. The number of alkyl halides is 3. The number of nitrogens with one attached hydrogen (secondary N) is 1. The zero-order valence-electron chi connectivity index (χ0n) is 18.5. The van der Waals surface area contributed by atoms with Gasteiger partial charge in [-0.1, -0.05) is 18.6 Å². The van der Waals surface area contributed by atoms with Crippen molar-refractivity contribution in [1.82, 2.24) is 4.98 Å². The highest BCUT2D eigenvalue weighted by Gasteiger charge is 2.38. The van der Waals surface area contributed by atoms with E-state index in [1.165, 1.54) is 6.07 Å². The third-order valence-corrected chi connectivity index (χ3v) is 7.19. The van der Waals surface area contributed by atoms with Crippen molar-refractivity contribution in [3.63, 3.8) is 0 Å². The molecule has 0 unspecified atom stereocenters. The Hall–Kier alpha value is -3.00.